The molecule has 1 aliphatic heterocycles. The maximum atomic E-state index is 12.5. The number of nitrogens with zero attached hydrogens (tertiary/aromatic N) is 2. The van der Waals surface area contributed by atoms with E-state index in [-0.39, 0.29) is 57.9 Å². The van der Waals surface area contributed by atoms with Crippen LogP contribution in [-0.2, 0) is 30.5 Å². The zero-order valence-corrected chi connectivity index (χ0v) is 16.8. The van der Waals surface area contributed by atoms with Gasteiger partial charge in [-0.1, -0.05) is 12.8 Å². The van der Waals surface area contributed by atoms with E-state index < -0.39 is 18.5 Å². The number of fused-ring (bicyclic) bond motifs is 1. The van der Waals surface area contributed by atoms with Crippen molar-refractivity contribution in [1.82, 2.24) is 4.90 Å². The molecule has 3 rings (SSSR count). The summed E-state index contributed by atoms with van der Waals surface area (Å²) in [6, 6.07) is 1.89. The number of thiophene rings is 1. The molecule has 1 saturated carbocycles. The van der Waals surface area contributed by atoms with Gasteiger partial charge < -0.3 is 15.2 Å². The van der Waals surface area contributed by atoms with Gasteiger partial charge in [-0.15, -0.1) is 11.3 Å². The third-order valence-corrected chi connectivity index (χ3v) is 6.25. The topological polar surface area (TPSA) is 140 Å². The predicted octanol–water partition coefficient (Wildman–Crippen LogP) is 1.60. The first-order valence-corrected chi connectivity index (χ1v) is 10.2. The second-order valence-electron chi connectivity index (χ2n) is 6.90. The van der Waals surface area contributed by atoms with E-state index in [4.69, 9.17) is 15.2 Å². The van der Waals surface area contributed by atoms with Crippen LogP contribution in [0.1, 0.15) is 53.4 Å². The fourth-order valence-electron chi connectivity index (χ4n) is 3.82. The van der Waals surface area contributed by atoms with E-state index in [1.165, 1.54) is 0 Å². The molecule has 0 bridgehead atoms. The summed E-state index contributed by atoms with van der Waals surface area (Å²) in [5.74, 6) is -2.81. The predicted molar refractivity (Wildman–Crippen MR) is 101 cm³/mol. The van der Waals surface area contributed by atoms with Crippen LogP contribution in [-0.4, -0.2) is 41.8 Å². The second kappa shape index (κ2) is 8.61. The Bertz CT molecular complexity index is 878. The van der Waals surface area contributed by atoms with Gasteiger partial charge in [-0.2, -0.15) is 5.26 Å². The van der Waals surface area contributed by atoms with Crippen molar-refractivity contribution >= 4 is 40.1 Å². The van der Waals surface area contributed by atoms with E-state index in [2.05, 4.69) is 0 Å². The highest BCUT2D eigenvalue weighted by atomic mass is 32.1. The number of nitrogens with two attached hydrogens (primary N) is 1. The Hall–Kier alpha value is -2.93. The number of ether oxygens (including phenoxy) is 2. The van der Waals surface area contributed by atoms with Crippen molar-refractivity contribution in [2.24, 2.45) is 11.8 Å². The number of anilines is 1. The van der Waals surface area contributed by atoms with E-state index in [0.717, 1.165) is 29.1 Å². The summed E-state index contributed by atoms with van der Waals surface area (Å²) >= 11 is 0.883. The van der Waals surface area contributed by atoms with Crippen molar-refractivity contribution in [2.45, 2.75) is 39.2 Å². The Labute approximate surface area is 171 Å². The Balaban J connectivity index is 1.68. The average Bonchev–Trinajstić information content (AvgIpc) is 3.16. The molecule has 29 heavy (non-hydrogen) atoms. The summed E-state index contributed by atoms with van der Waals surface area (Å²) in [4.78, 5) is 50.3. The monoisotopic (exact) mass is 419 g/mol. The number of esters is 2. The van der Waals surface area contributed by atoms with Gasteiger partial charge in [0.2, 0.25) is 11.8 Å². The molecule has 1 aromatic heterocycles. The van der Waals surface area contributed by atoms with Crippen LogP contribution in [0.5, 0.6) is 0 Å². The molecule has 1 saturated heterocycles. The van der Waals surface area contributed by atoms with Crippen LogP contribution in [0.4, 0.5) is 5.00 Å². The lowest BCUT2D eigenvalue weighted by atomic mass is 9.81. The van der Waals surface area contributed by atoms with E-state index in [0.29, 0.717) is 12.8 Å². The highest BCUT2D eigenvalue weighted by molar-refractivity contribution is 7.18. The molecule has 2 N–H and O–H groups in total. The van der Waals surface area contributed by atoms with Gasteiger partial charge in [0.05, 0.1) is 24.0 Å². The minimum Gasteiger partial charge on any atom is -0.462 e. The highest BCUT2D eigenvalue weighted by Gasteiger charge is 2.48. The van der Waals surface area contributed by atoms with Crippen LogP contribution in [0.2, 0.25) is 0 Å². The Kier molecular flexibility index (Phi) is 6.17. The first kappa shape index (κ1) is 20.8. The fourth-order valence-corrected chi connectivity index (χ4v) is 4.74. The Morgan fingerprint density at radius 3 is 2.38 bits per heavy atom. The molecule has 2 fully saturated rings. The molecule has 154 valence electrons. The standard InChI is InChI=1S/C19H21N3O6S/c1-2-27-19(26)15-13(12(7-20)16(21)29-15)9-28-14(23)8-22-17(24)10-5-3-4-6-11(10)18(22)25/h10-11H,2-6,8-9,21H2,1H3. The number of hydrogen-bond donors (Lipinski definition) is 1. The van der Waals surface area contributed by atoms with Crippen molar-refractivity contribution in [3.63, 3.8) is 0 Å². The molecule has 10 heteroatoms. The molecule has 0 spiro atoms. The van der Waals surface area contributed by atoms with Gasteiger partial charge in [-0.05, 0) is 19.8 Å². The van der Waals surface area contributed by atoms with Gasteiger partial charge in [0.1, 0.15) is 29.1 Å². The lowest BCUT2D eigenvalue weighted by Crippen LogP contribution is -2.36. The minimum atomic E-state index is -0.797. The summed E-state index contributed by atoms with van der Waals surface area (Å²) in [6.07, 6.45) is 3.10. The van der Waals surface area contributed by atoms with Crippen molar-refractivity contribution in [2.75, 3.05) is 18.9 Å². The molecule has 2 heterocycles. The largest absolute Gasteiger partial charge is 0.462 e. The number of rotatable bonds is 6. The molecule has 0 radical (unpaired) electrons. The van der Waals surface area contributed by atoms with Gasteiger partial charge in [0.25, 0.3) is 0 Å². The lowest BCUT2D eigenvalue weighted by Gasteiger charge is -2.19. The van der Waals surface area contributed by atoms with Crippen molar-refractivity contribution in [3.8, 4) is 6.07 Å². The maximum absolute atomic E-state index is 12.5. The number of likely N-dealkylation sites (tertiary alicyclic amines) is 1. The fraction of sp³-hybridized carbons (Fsp3) is 0.526. The van der Waals surface area contributed by atoms with Crippen LogP contribution in [0, 0.1) is 23.2 Å². The first-order valence-electron chi connectivity index (χ1n) is 9.38. The van der Waals surface area contributed by atoms with Crippen molar-refractivity contribution in [1.29, 1.82) is 5.26 Å². The van der Waals surface area contributed by atoms with Gasteiger partial charge in [0, 0.05) is 5.56 Å². The molecule has 1 aromatic rings. The molecular formula is C19H21N3O6S. The van der Waals surface area contributed by atoms with Crippen LogP contribution in [0.15, 0.2) is 0 Å². The summed E-state index contributed by atoms with van der Waals surface area (Å²) < 4.78 is 10.1. The van der Waals surface area contributed by atoms with Gasteiger partial charge in [-0.25, -0.2) is 4.79 Å². The zero-order chi connectivity index (χ0) is 21.1. The number of nitrogen functional groups attached to an aromatic ring is 1. The van der Waals surface area contributed by atoms with Crippen LogP contribution in [0.25, 0.3) is 0 Å². The number of imide groups is 1. The van der Waals surface area contributed by atoms with Crippen molar-refractivity contribution < 1.29 is 28.7 Å². The van der Waals surface area contributed by atoms with E-state index in [9.17, 15) is 24.4 Å². The van der Waals surface area contributed by atoms with Gasteiger partial charge in [0.15, 0.2) is 0 Å². The molecule has 2 atom stereocenters. The first-order chi connectivity index (χ1) is 13.9. The van der Waals surface area contributed by atoms with Gasteiger partial charge in [-0.3, -0.25) is 19.3 Å². The minimum absolute atomic E-state index is 0.0465. The lowest BCUT2D eigenvalue weighted by molar-refractivity contribution is -0.153. The number of nitriles is 1. The average molecular weight is 419 g/mol. The molecular weight excluding hydrogens is 398 g/mol. The second-order valence-corrected chi connectivity index (χ2v) is 7.95. The van der Waals surface area contributed by atoms with Gasteiger partial charge >= 0.3 is 11.9 Å². The zero-order valence-electron chi connectivity index (χ0n) is 15.9. The normalized spacial score (nSPS) is 20.9. The molecule has 0 aromatic carbocycles. The third kappa shape index (κ3) is 3.96. The third-order valence-electron chi connectivity index (χ3n) is 5.20. The molecule has 1 aliphatic carbocycles. The van der Waals surface area contributed by atoms with E-state index in [1.54, 1.807) is 6.92 Å². The Morgan fingerprint density at radius 1 is 1.21 bits per heavy atom. The van der Waals surface area contributed by atoms with Crippen LogP contribution >= 0.6 is 11.3 Å². The quantitative estimate of drug-likeness (QED) is 0.541. The molecule has 9 nitrogen and oxygen atoms in total. The molecule has 2 unspecified atom stereocenters. The molecule has 2 amide bonds. The highest BCUT2D eigenvalue weighted by Crippen LogP contribution is 2.38. The maximum Gasteiger partial charge on any atom is 0.348 e. The van der Waals surface area contributed by atoms with Crippen LogP contribution in [0.3, 0.4) is 0 Å². The number of carbonyl (C=O) groups excluding carboxylic acids is 4. The molecule has 2 aliphatic rings. The number of amides is 2. The summed E-state index contributed by atoms with van der Waals surface area (Å²) in [7, 11) is 0. The Morgan fingerprint density at radius 2 is 1.83 bits per heavy atom. The smallest absolute Gasteiger partial charge is 0.348 e. The number of hydrogen-bond acceptors (Lipinski definition) is 9. The van der Waals surface area contributed by atoms with E-state index >= 15 is 0 Å². The summed E-state index contributed by atoms with van der Waals surface area (Å²) in [5.41, 5.74) is 5.99. The number of carbonyl (C=O) groups is 4. The van der Waals surface area contributed by atoms with Crippen LogP contribution < -0.4 is 5.73 Å². The summed E-state index contributed by atoms with van der Waals surface area (Å²) in [6.45, 7) is 0.911. The van der Waals surface area contributed by atoms with E-state index in [1.807, 2.05) is 6.07 Å². The summed E-state index contributed by atoms with van der Waals surface area (Å²) in [5, 5.41) is 9.41. The SMILES string of the molecule is CCOC(=O)c1sc(N)c(C#N)c1COC(=O)CN1C(=O)C2CCCCC2C1=O. The van der Waals surface area contributed by atoms with Crippen molar-refractivity contribution in [3.05, 3.63) is 16.0 Å².